The second-order valence-corrected chi connectivity index (χ2v) is 5.59. The second kappa shape index (κ2) is 11.0. The summed E-state index contributed by atoms with van der Waals surface area (Å²) >= 11 is 0. The Morgan fingerprint density at radius 3 is 1.64 bits per heavy atom. The molecule has 1 aliphatic carbocycles. The van der Waals surface area contributed by atoms with Gasteiger partial charge in [0.15, 0.2) is 0 Å². The van der Waals surface area contributed by atoms with Crippen molar-refractivity contribution in [1.82, 2.24) is 0 Å². The SMILES string of the molecule is CCCCOC(=O)CC1=C(CC(=O)OCCCC)CC=CC1. The van der Waals surface area contributed by atoms with Gasteiger partial charge in [-0.1, -0.05) is 50.0 Å². The van der Waals surface area contributed by atoms with Gasteiger partial charge in [-0.2, -0.15) is 0 Å². The van der Waals surface area contributed by atoms with Crippen molar-refractivity contribution >= 4 is 11.9 Å². The molecule has 4 nitrogen and oxygen atoms in total. The first-order valence-corrected chi connectivity index (χ1v) is 8.33. The minimum absolute atomic E-state index is 0.199. The van der Waals surface area contributed by atoms with Crippen LogP contribution in [0, 0.1) is 0 Å². The molecule has 0 atom stereocenters. The zero-order valence-electron chi connectivity index (χ0n) is 13.9. The minimum Gasteiger partial charge on any atom is -0.465 e. The maximum absolute atomic E-state index is 11.8. The number of carbonyl (C=O) groups is 2. The molecule has 0 bridgehead atoms. The molecule has 0 fully saturated rings. The summed E-state index contributed by atoms with van der Waals surface area (Å²) in [5, 5.41) is 0. The third kappa shape index (κ3) is 7.43. The summed E-state index contributed by atoms with van der Waals surface area (Å²) < 4.78 is 10.4. The van der Waals surface area contributed by atoms with Gasteiger partial charge in [0.05, 0.1) is 26.1 Å². The van der Waals surface area contributed by atoms with Gasteiger partial charge in [0.1, 0.15) is 0 Å². The molecule has 0 aromatic carbocycles. The van der Waals surface area contributed by atoms with Gasteiger partial charge in [0.25, 0.3) is 0 Å². The zero-order valence-corrected chi connectivity index (χ0v) is 13.9. The maximum atomic E-state index is 11.8. The normalized spacial score (nSPS) is 14.1. The number of hydrogen-bond acceptors (Lipinski definition) is 4. The van der Waals surface area contributed by atoms with Crippen LogP contribution in [0.3, 0.4) is 0 Å². The van der Waals surface area contributed by atoms with E-state index in [0.29, 0.717) is 13.2 Å². The molecule has 0 aromatic heterocycles. The average molecular weight is 308 g/mol. The highest BCUT2D eigenvalue weighted by molar-refractivity contribution is 5.76. The number of esters is 2. The number of hydrogen-bond donors (Lipinski definition) is 0. The summed E-state index contributed by atoms with van der Waals surface area (Å²) in [6.07, 6.45) is 9.89. The van der Waals surface area contributed by atoms with E-state index in [2.05, 4.69) is 13.8 Å². The van der Waals surface area contributed by atoms with Crippen LogP contribution in [0.25, 0.3) is 0 Å². The highest BCUT2D eigenvalue weighted by Gasteiger charge is 2.16. The van der Waals surface area contributed by atoms with Gasteiger partial charge in [0.2, 0.25) is 0 Å². The Balaban J connectivity index is 2.49. The van der Waals surface area contributed by atoms with E-state index in [1.807, 2.05) is 12.2 Å². The molecular weight excluding hydrogens is 280 g/mol. The molecule has 1 rings (SSSR count). The quantitative estimate of drug-likeness (QED) is 0.346. The number of ether oxygens (including phenoxy) is 2. The van der Waals surface area contributed by atoms with Gasteiger partial charge in [-0.25, -0.2) is 0 Å². The van der Waals surface area contributed by atoms with Crippen molar-refractivity contribution < 1.29 is 19.1 Å². The lowest BCUT2D eigenvalue weighted by atomic mass is 9.92. The third-order valence-corrected chi connectivity index (χ3v) is 3.63. The molecule has 0 aromatic rings. The highest BCUT2D eigenvalue weighted by Crippen LogP contribution is 2.25. The van der Waals surface area contributed by atoms with E-state index in [4.69, 9.17) is 9.47 Å². The first kappa shape index (κ1) is 18.5. The Bertz CT molecular complexity index is 383. The van der Waals surface area contributed by atoms with Gasteiger partial charge in [0, 0.05) is 0 Å². The molecule has 0 saturated heterocycles. The lowest BCUT2D eigenvalue weighted by Gasteiger charge is -2.16. The van der Waals surface area contributed by atoms with Crippen molar-refractivity contribution in [3.8, 4) is 0 Å². The van der Waals surface area contributed by atoms with Crippen LogP contribution in [-0.4, -0.2) is 25.2 Å². The van der Waals surface area contributed by atoms with Crippen LogP contribution in [0.5, 0.6) is 0 Å². The number of carbonyl (C=O) groups excluding carboxylic acids is 2. The Morgan fingerprint density at radius 1 is 0.864 bits per heavy atom. The van der Waals surface area contributed by atoms with Crippen molar-refractivity contribution in [3.63, 3.8) is 0 Å². The van der Waals surface area contributed by atoms with Crippen LogP contribution in [0.1, 0.15) is 65.2 Å². The van der Waals surface area contributed by atoms with Crippen LogP contribution < -0.4 is 0 Å². The molecule has 0 spiro atoms. The molecule has 0 radical (unpaired) electrons. The van der Waals surface area contributed by atoms with Crippen LogP contribution in [0.15, 0.2) is 23.3 Å². The lowest BCUT2D eigenvalue weighted by Crippen LogP contribution is -2.12. The Hall–Kier alpha value is -1.58. The highest BCUT2D eigenvalue weighted by atomic mass is 16.5. The largest absolute Gasteiger partial charge is 0.465 e. The minimum atomic E-state index is -0.199. The standard InChI is InChI=1S/C18H28O4/c1-3-5-11-21-17(19)13-15-9-7-8-10-16(15)14-18(20)22-12-6-4-2/h7-8H,3-6,9-14H2,1-2H3. The molecule has 4 heteroatoms. The first-order valence-electron chi connectivity index (χ1n) is 8.33. The van der Waals surface area contributed by atoms with E-state index < -0.39 is 0 Å². The average Bonchev–Trinajstić information content (AvgIpc) is 2.50. The van der Waals surface area contributed by atoms with Crippen LogP contribution >= 0.6 is 0 Å². The molecule has 0 heterocycles. The summed E-state index contributed by atoms with van der Waals surface area (Å²) in [6, 6.07) is 0. The van der Waals surface area contributed by atoms with Gasteiger partial charge in [-0.3, -0.25) is 9.59 Å². The fourth-order valence-corrected chi connectivity index (χ4v) is 2.25. The van der Waals surface area contributed by atoms with Gasteiger partial charge < -0.3 is 9.47 Å². The summed E-state index contributed by atoms with van der Waals surface area (Å²) in [4.78, 5) is 23.7. The molecular formula is C18H28O4. The summed E-state index contributed by atoms with van der Waals surface area (Å²) in [6.45, 7) is 5.08. The second-order valence-electron chi connectivity index (χ2n) is 5.59. The number of rotatable bonds is 10. The number of unbranched alkanes of at least 4 members (excludes halogenated alkanes) is 2. The fourth-order valence-electron chi connectivity index (χ4n) is 2.25. The van der Waals surface area contributed by atoms with Crippen molar-refractivity contribution in [3.05, 3.63) is 23.3 Å². The van der Waals surface area contributed by atoms with Crippen molar-refractivity contribution in [1.29, 1.82) is 0 Å². The first-order chi connectivity index (χ1) is 10.7. The molecule has 0 amide bonds. The van der Waals surface area contributed by atoms with E-state index in [1.54, 1.807) is 0 Å². The molecule has 0 unspecified atom stereocenters. The van der Waals surface area contributed by atoms with Crippen LogP contribution in [0.4, 0.5) is 0 Å². The monoisotopic (exact) mass is 308 g/mol. The smallest absolute Gasteiger partial charge is 0.309 e. The molecule has 0 N–H and O–H groups in total. The predicted octanol–water partition coefficient (Wildman–Crippen LogP) is 4.10. The molecule has 0 saturated carbocycles. The van der Waals surface area contributed by atoms with Crippen LogP contribution in [-0.2, 0) is 19.1 Å². The van der Waals surface area contributed by atoms with Crippen molar-refractivity contribution in [2.45, 2.75) is 65.2 Å². The summed E-state index contributed by atoms with van der Waals surface area (Å²) in [5.74, 6) is -0.397. The van der Waals surface area contributed by atoms with E-state index in [1.165, 1.54) is 0 Å². The topological polar surface area (TPSA) is 52.6 Å². The predicted molar refractivity (Wildman–Crippen MR) is 86.4 cm³/mol. The van der Waals surface area contributed by atoms with E-state index in [9.17, 15) is 9.59 Å². The van der Waals surface area contributed by atoms with Gasteiger partial charge >= 0.3 is 11.9 Å². The third-order valence-electron chi connectivity index (χ3n) is 3.63. The molecule has 22 heavy (non-hydrogen) atoms. The van der Waals surface area contributed by atoms with Crippen molar-refractivity contribution in [2.24, 2.45) is 0 Å². The van der Waals surface area contributed by atoms with E-state index in [0.717, 1.165) is 49.7 Å². The van der Waals surface area contributed by atoms with Crippen LogP contribution in [0.2, 0.25) is 0 Å². The summed E-state index contributed by atoms with van der Waals surface area (Å²) in [5.41, 5.74) is 2.02. The lowest BCUT2D eigenvalue weighted by molar-refractivity contribution is -0.144. The summed E-state index contributed by atoms with van der Waals surface area (Å²) in [7, 11) is 0. The Kier molecular flexibility index (Phi) is 9.28. The van der Waals surface area contributed by atoms with Crippen molar-refractivity contribution in [2.75, 3.05) is 13.2 Å². The molecule has 1 aliphatic rings. The Labute approximate surface area is 133 Å². The van der Waals surface area contributed by atoms with Gasteiger partial charge in [-0.15, -0.1) is 0 Å². The van der Waals surface area contributed by atoms with E-state index in [-0.39, 0.29) is 24.8 Å². The Morgan fingerprint density at radius 2 is 1.27 bits per heavy atom. The molecule has 0 aliphatic heterocycles. The van der Waals surface area contributed by atoms with Gasteiger partial charge in [-0.05, 0) is 25.7 Å². The zero-order chi connectivity index (χ0) is 16.2. The maximum Gasteiger partial charge on any atom is 0.309 e. The molecule has 124 valence electrons. The van der Waals surface area contributed by atoms with E-state index >= 15 is 0 Å². The number of allylic oxidation sites excluding steroid dienone is 2. The fraction of sp³-hybridized carbons (Fsp3) is 0.667.